The van der Waals surface area contributed by atoms with Gasteiger partial charge in [0.2, 0.25) is 5.13 Å². The van der Waals surface area contributed by atoms with Gasteiger partial charge in [-0.15, -0.1) is 10.2 Å². The van der Waals surface area contributed by atoms with Crippen LogP contribution in [0.2, 0.25) is 5.02 Å². The Balaban J connectivity index is 2.06. The zero-order valence-electron chi connectivity index (χ0n) is 11.4. The Morgan fingerprint density at radius 1 is 1.48 bits per heavy atom. The van der Waals surface area contributed by atoms with Crippen LogP contribution in [0.4, 0.5) is 5.13 Å². The quantitative estimate of drug-likeness (QED) is 0.285. The highest BCUT2D eigenvalue weighted by Crippen LogP contribution is 2.31. The lowest BCUT2D eigenvalue weighted by Gasteiger charge is -2.05. The first-order valence-electron chi connectivity index (χ1n) is 5.91. The van der Waals surface area contributed by atoms with Crippen molar-refractivity contribution >= 4 is 45.7 Å². The summed E-state index contributed by atoms with van der Waals surface area (Å²) < 4.78 is 0.885. The summed E-state index contributed by atoms with van der Waals surface area (Å²) in [6.07, 6.45) is 0. The molecule has 0 saturated heterocycles. The second kappa shape index (κ2) is 6.97. The van der Waals surface area contributed by atoms with E-state index in [1.54, 1.807) is 23.9 Å². The molecule has 3 N–H and O–H groups in total. The largest absolute Gasteiger partial charge is 0.409 e. The SMILES string of the molecule is CN(C)c1nnc(SCc2ccc(/C(N)=N/O)cc2Cl)s1. The minimum Gasteiger partial charge on any atom is -0.409 e. The fraction of sp³-hybridized carbons (Fsp3) is 0.250. The first kappa shape index (κ1) is 15.9. The molecule has 2 aromatic rings. The van der Waals surface area contributed by atoms with Gasteiger partial charge in [-0.25, -0.2) is 0 Å². The average Bonchev–Trinajstić information content (AvgIpc) is 2.94. The van der Waals surface area contributed by atoms with Gasteiger partial charge in [0.25, 0.3) is 0 Å². The molecule has 0 amide bonds. The molecule has 0 spiro atoms. The van der Waals surface area contributed by atoms with Gasteiger partial charge in [-0.2, -0.15) is 0 Å². The number of nitrogens with two attached hydrogens (primary N) is 1. The van der Waals surface area contributed by atoms with Crippen molar-refractivity contribution in [2.45, 2.75) is 10.1 Å². The van der Waals surface area contributed by atoms with E-state index in [0.717, 1.165) is 15.0 Å². The molecule has 1 aromatic carbocycles. The first-order chi connectivity index (χ1) is 10.0. The van der Waals surface area contributed by atoms with Crippen LogP contribution in [0.25, 0.3) is 0 Å². The van der Waals surface area contributed by atoms with Crippen LogP contribution in [-0.4, -0.2) is 35.3 Å². The number of oxime groups is 1. The van der Waals surface area contributed by atoms with Crippen LogP contribution in [0.3, 0.4) is 0 Å². The van der Waals surface area contributed by atoms with E-state index in [0.29, 0.717) is 16.3 Å². The van der Waals surface area contributed by atoms with Crippen LogP contribution in [0.1, 0.15) is 11.1 Å². The van der Waals surface area contributed by atoms with Crippen molar-refractivity contribution in [3.05, 3.63) is 34.3 Å². The van der Waals surface area contributed by atoms with Crippen molar-refractivity contribution in [1.82, 2.24) is 10.2 Å². The van der Waals surface area contributed by atoms with Gasteiger partial charge >= 0.3 is 0 Å². The summed E-state index contributed by atoms with van der Waals surface area (Å²) in [7, 11) is 3.86. The maximum Gasteiger partial charge on any atom is 0.208 e. The first-order valence-corrected chi connectivity index (χ1v) is 8.09. The predicted molar refractivity (Wildman–Crippen MR) is 87.8 cm³/mol. The fourth-order valence-electron chi connectivity index (χ4n) is 1.46. The van der Waals surface area contributed by atoms with Crippen LogP contribution >= 0.6 is 34.7 Å². The van der Waals surface area contributed by atoms with Crippen LogP contribution in [-0.2, 0) is 5.75 Å². The van der Waals surface area contributed by atoms with E-state index in [2.05, 4.69) is 15.4 Å². The van der Waals surface area contributed by atoms with Gasteiger partial charge in [0.05, 0.1) is 0 Å². The minimum atomic E-state index is 0.0378. The zero-order valence-corrected chi connectivity index (χ0v) is 13.8. The van der Waals surface area contributed by atoms with Crippen LogP contribution in [0, 0.1) is 0 Å². The van der Waals surface area contributed by atoms with Gasteiger partial charge in [0.15, 0.2) is 10.2 Å². The van der Waals surface area contributed by atoms with Gasteiger partial charge < -0.3 is 15.8 Å². The van der Waals surface area contributed by atoms with Gasteiger partial charge in [0.1, 0.15) is 0 Å². The molecule has 0 unspecified atom stereocenters. The number of anilines is 1. The zero-order chi connectivity index (χ0) is 15.4. The third-order valence-electron chi connectivity index (χ3n) is 2.59. The molecular weight excluding hydrogens is 330 g/mol. The van der Waals surface area contributed by atoms with Crippen molar-refractivity contribution in [2.24, 2.45) is 10.9 Å². The predicted octanol–water partition coefficient (Wildman–Crippen LogP) is 2.64. The van der Waals surface area contributed by atoms with E-state index >= 15 is 0 Å². The fourth-order valence-corrected chi connectivity index (χ4v) is 3.56. The topological polar surface area (TPSA) is 87.6 Å². The number of thioether (sulfide) groups is 1. The molecule has 2 rings (SSSR count). The third-order valence-corrected chi connectivity index (χ3v) is 5.21. The second-order valence-electron chi connectivity index (χ2n) is 4.33. The Kier molecular flexibility index (Phi) is 5.27. The molecular formula is C12H14ClN5OS2. The summed E-state index contributed by atoms with van der Waals surface area (Å²) in [5.41, 5.74) is 7.07. The summed E-state index contributed by atoms with van der Waals surface area (Å²) in [4.78, 5) is 1.92. The molecule has 6 nitrogen and oxygen atoms in total. The second-order valence-corrected chi connectivity index (χ2v) is 6.91. The summed E-state index contributed by atoms with van der Waals surface area (Å²) in [5.74, 6) is 0.716. The number of aromatic nitrogens is 2. The number of hydrogen-bond donors (Lipinski definition) is 2. The number of halogens is 1. The van der Waals surface area contributed by atoms with E-state index in [4.69, 9.17) is 22.5 Å². The Hall–Kier alpha value is -1.51. The normalized spacial score (nSPS) is 11.7. The summed E-state index contributed by atoms with van der Waals surface area (Å²) >= 11 is 9.30. The molecule has 0 aliphatic rings. The Morgan fingerprint density at radius 3 is 2.81 bits per heavy atom. The summed E-state index contributed by atoms with van der Waals surface area (Å²) in [6.45, 7) is 0. The van der Waals surface area contributed by atoms with Crippen molar-refractivity contribution < 1.29 is 5.21 Å². The molecule has 21 heavy (non-hydrogen) atoms. The summed E-state index contributed by atoms with van der Waals surface area (Å²) in [5, 5.41) is 21.2. The average molecular weight is 344 g/mol. The maximum absolute atomic E-state index is 8.65. The van der Waals surface area contributed by atoms with Crippen molar-refractivity contribution in [2.75, 3.05) is 19.0 Å². The van der Waals surface area contributed by atoms with E-state index in [-0.39, 0.29) is 5.84 Å². The monoisotopic (exact) mass is 343 g/mol. The van der Waals surface area contributed by atoms with E-state index in [1.807, 2.05) is 25.1 Å². The lowest BCUT2D eigenvalue weighted by Crippen LogP contribution is -2.12. The Labute approximate surface area is 135 Å². The molecule has 1 heterocycles. The highest BCUT2D eigenvalue weighted by Gasteiger charge is 2.09. The molecule has 0 aliphatic heterocycles. The number of benzene rings is 1. The van der Waals surface area contributed by atoms with Gasteiger partial charge in [-0.1, -0.05) is 52.0 Å². The maximum atomic E-state index is 8.65. The van der Waals surface area contributed by atoms with Gasteiger partial charge in [-0.3, -0.25) is 0 Å². The van der Waals surface area contributed by atoms with Gasteiger partial charge in [-0.05, 0) is 11.6 Å². The van der Waals surface area contributed by atoms with Gasteiger partial charge in [0, 0.05) is 30.4 Å². The third kappa shape index (κ3) is 3.99. The van der Waals surface area contributed by atoms with Crippen molar-refractivity contribution in [3.8, 4) is 0 Å². The van der Waals surface area contributed by atoms with Crippen LogP contribution < -0.4 is 10.6 Å². The standard InChI is InChI=1S/C12H14ClN5OS2/c1-18(2)11-15-16-12(21-11)20-6-8-4-3-7(5-9(8)13)10(14)17-19/h3-5,19H,6H2,1-2H3,(H2,14,17). The Morgan fingerprint density at radius 2 is 2.24 bits per heavy atom. The Bertz CT molecular complexity index is 659. The van der Waals surface area contributed by atoms with Crippen LogP contribution in [0.5, 0.6) is 0 Å². The number of rotatable bonds is 5. The number of hydrogen-bond acceptors (Lipinski definition) is 7. The lowest BCUT2D eigenvalue weighted by atomic mass is 10.1. The summed E-state index contributed by atoms with van der Waals surface area (Å²) in [6, 6.07) is 5.30. The molecule has 9 heteroatoms. The molecule has 0 atom stereocenters. The van der Waals surface area contributed by atoms with Crippen molar-refractivity contribution in [3.63, 3.8) is 0 Å². The number of amidine groups is 1. The number of nitrogens with zero attached hydrogens (tertiary/aromatic N) is 4. The molecule has 0 bridgehead atoms. The van der Waals surface area contributed by atoms with E-state index in [1.165, 1.54) is 11.3 Å². The molecule has 0 aliphatic carbocycles. The van der Waals surface area contributed by atoms with E-state index < -0.39 is 0 Å². The molecule has 0 saturated carbocycles. The lowest BCUT2D eigenvalue weighted by molar-refractivity contribution is 0.318. The van der Waals surface area contributed by atoms with Crippen LogP contribution in [0.15, 0.2) is 27.7 Å². The highest BCUT2D eigenvalue weighted by molar-refractivity contribution is 8.00. The molecule has 1 aromatic heterocycles. The molecule has 112 valence electrons. The smallest absolute Gasteiger partial charge is 0.208 e. The molecule has 0 radical (unpaired) electrons. The van der Waals surface area contributed by atoms with E-state index in [9.17, 15) is 0 Å². The van der Waals surface area contributed by atoms with Crippen molar-refractivity contribution in [1.29, 1.82) is 0 Å². The molecule has 0 fully saturated rings. The minimum absolute atomic E-state index is 0.0378. The highest BCUT2D eigenvalue weighted by atomic mass is 35.5.